The first-order chi connectivity index (χ1) is 10.3. The fraction of sp³-hybridized carbons (Fsp3) is 0.500. The highest BCUT2D eigenvalue weighted by atomic mass is 15.3. The van der Waals surface area contributed by atoms with Crippen molar-refractivity contribution in [3.8, 4) is 0 Å². The Kier molecular flexibility index (Phi) is 4.20. The summed E-state index contributed by atoms with van der Waals surface area (Å²) in [5, 5.41) is 4.27. The van der Waals surface area contributed by atoms with E-state index in [0.29, 0.717) is 0 Å². The van der Waals surface area contributed by atoms with Gasteiger partial charge in [-0.2, -0.15) is 4.98 Å². The van der Waals surface area contributed by atoms with Crippen molar-refractivity contribution in [2.45, 2.75) is 13.3 Å². The molecule has 2 aromatic rings. The Hall–Kier alpha value is -1.88. The number of anilines is 2. The lowest BCUT2D eigenvalue weighted by molar-refractivity contribution is 0.310. The quantitative estimate of drug-likeness (QED) is 0.936. The van der Waals surface area contributed by atoms with Crippen LogP contribution in [0, 0.1) is 0 Å². The van der Waals surface area contributed by atoms with Crippen molar-refractivity contribution in [3.63, 3.8) is 0 Å². The van der Waals surface area contributed by atoms with Gasteiger partial charge in [0, 0.05) is 32.1 Å². The fourth-order valence-corrected chi connectivity index (χ4v) is 2.88. The van der Waals surface area contributed by atoms with Crippen molar-refractivity contribution in [2.75, 3.05) is 50.0 Å². The average molecular weight is 285 g/mol. The molecule has 1 aromatic heterocycles. The van der Waals surface area contributed by atoms with Gasteiger partial charge < -0.3 is 15.1 Å². The van der Waals surface area contributed by atoms with E-state index < -0.39 is 0 Å². The van der Waals surface area contributed by atoms with E-state index in [-0.39, 0.29) is 0 Å². The third-order valence-electron chi connectivity index (χ3n) is 4.15. The number of nitrogens with zero attached hydrogens (tertiary/aromatic N) is 4. The molecule has 0 radical (unpaired) electrons. The first-order valence-electron chi connectivity index (χ1n) is 7.73. The molecule has 21 heavy (non-hydrogen) atoms. The van der Waals surface area contributed by atoms with Gasteiger partial charge in [0.1, 0.15) is 5.82 Å². The van der Waals surface area contributed by atoms with Crippen molar-refractivity contribution < 1.29 is 0 Å². The van der Waals surface area contributed by atoms with Gasteiger partial charge in [0.05, 0.1) is 5.52 Å². The molecular formula is C16H23N5. The summed E-state index contributed by atoms with van der Waals surface area (Å²) in [5.41, 5.74) is 1.00. The molecule has 5 heteroatoms. The molecule has 1 saturated heterocycles. The molecule has 1 fully saturated rings. The highest BCUT2D eigenvalue weighted by Crippen LogP contribution is 2.23. The van der Waals surface area contributed by atoms with Crippen LogP contribution >= 0.6 is 0 Å². The molecular weight excluding hydrogens is 262 g/mol. The Morgan fingerprint density at radius 1 is 1.10 bits per heavy atom. The smallest absolute Gasteiger partial charge is 0.227 e. The molecule has 0 atom stereocenters. The lowest BCUT2D eigenvalue weighted by atomic mass is 10.2. The highest BCUT2D eigenvalue weighted by molar-refractivity contribution is 5.89. The molecule has 0 saturated carbocycles. The molecule has 0 aliphatic carbocycles. The summed E-state index contributed by atoms with van der Waals surface area (Å²) in [6.45, 7) is 7.61. The molecule has 0 amide bonds. The van der Waals surface area contributed by atoms with Gasteiger partial charge in [0.2, 0.25) is 5.95 Å². The molecule has 1 N–H and O–H groups in total. The zero-order valence-corrected chi connectivity index (χ0v) is 12.8. The number of aromatic nitrogens is 2. The van der Waals surface area contributed by atoms with Gasteiger partial charge in [-0.05, 0) is 31.6 Å². The minimum Gasteiger partial charge on any atom is -0.372 e. The first kappa shape index (κ1) is 14.1. The third kappa shape index (κ3) is 2.93. The summed E-state index contributed by atoms with van der Waals surface area (Å²) in [7, 11) is 1.92. The lowest BCUT2D eigenvalue weighted by Gasteiger charge is -2.22. The zero-order chi connectivity index (χ0) is 14.7. The normalized spacial score (nSPS) is 17.0. The van der Waals surface area contributed by atoms with E-state index in [9.17, 15) is 0 Å². The van der Waals surface area contributed by atoms with E-state index in [1.54, 1.807) is 0 Å². The van der Waals surface area contributed by atoms with Gasteiger partial charge in [-0.1, -0.05) is 19.1 Å². The summed E-state index contributed by atoms with van der Waals surface area (Å²) in [6, 6.07) is 8.17. The fourth-order valence-electron chi connectivity index (χ4n) is 2.88. The van der Waals surface area contributed by atoms with Crippen LogP contribution < -0.4 is 10.2 Å². The predicted octanol–water partition coefficient (Wildman–Crippen LogP) is 2.20. The summed E-state index contributed by atoms with van der Waals surface area (Å²) in [4.78, 5) is 14.3. The third-order valence-corrected chi connectivity index (χ3v) is 4.15. The Labute approximate surface area is 126 Å². The van der Waals surface area contributed by atoms with E-state index in [1.165, 1.54) is 13.0 Å². The highest BCUT2D eigenvalue weighted by Gasteiger charge is 2.17. The largest absolute Gasteiger partial charge is 0.372 e. The monoisotopic (exact) mass is 285 g/mol. The van der Waals surface area contributed by atoms with Crippen LogP contribution in [-0.2, 0) is 0 Å². The Morgan fingerprint density at radius 3 is 2.76 bits per heavy atom. The van der Waals surface area contributed by atoms with E-state index >= 15 is 0 Å². The molecule has 112 valence electrons. The maximum absolute atomic E-state index is 4.76. The topological polar surface area (TPSA) is 44.3 Å². The van der Waals surface area contributed by atoms with Crippen LogP contribution in [0.3, 0.4) is 0 Å². The van der Waals surface area contributed by atoms with Gasteiger partial charge >= 0.3 is 0 Å². The molecule has 1 aromatic carbocycles. The number of para-hydroxylation sites is 1. The maximum atomic E-state index is 4.76. The Bertz CT molecular complexity index is 613. The van der Waals surface area contributed by atoms with Crippen molar-refractivity contribution in [1.82, 2.24) is 14.9 Å². The molecule has 0 bridgehead atoms. The number of fused-ring (bicyclic) bond motifs is 1. The molecule has 1 aliphatic rings. The molecule has 1 aliphatic heterocycles. The lowest BCUT2D eigenvalue weighted by Crippen LogP contribution is -2.31. The van der Waals surface area contributed by atoms with Gasteiger partial charge in [-0.3, -0.25) is 0 Å². The second kappa shape index (κ2) is 6.26. The van der Waals surface area contributed by atoms with E-state index in [1.807, 2.05) is 19.2 Å². The average Bonchev–Trinajstić information content (AvgIpc) is 2.79. The van der Waals surface area contributed by atoms with Crippen LogP contribution in [-0.4, -0.2) is 54.6 Å². The van der Waals surface area contributed by atoms with E-state index in [2.05, 4.69) is 34.2 Å². The van der Waals surface area contributed by atoms with Gasteiger partial charge in [-0.25, -0.2) is 4.98 Å². The van der Waals surface area contributed by atoms with Crippen LogP contribution in [0.2, 0.25) is 0 Å². The number of nitrogens with one attached hydrogen (secondary N) is 1. The van der Waals surface area contributed by atoms with Gasteiger partial charge in [0.15, 0.2) is 0 Å². The van der Waals surface area contributed by atoms with Crippen LogP contribution in [0.1, 0.15) is 13.3 Å². The van der Waals surface area contributed by atoms with Crippen molar-refractivity contribution >= 4 is 22.7 Å². The second-order valence-corrected chi connectivity index (χ2v) is 5.41. The number of likely N-dealkylation sites (N-methyl/N-ethyl adjacent to an activating group) is 1. The van der Waals surface area contributed by atoms with E-state index in [0.717, 1.165) is 48.8 Å². The van der Waals surface area contributed by atoms with Gasteiger partial charge in [0.25, 0.3) is 0 Å². The van der Waals surface area contributed by atoms with Crippen molar-refractivity contribution in [1.29, 1.82) is 0 Å². The van der Waals surface area contributed by atoms with Crippen LogP contribution in [0.5, 0.6) is 0 Å². The molecule has 0 unspecified atom stereocenters. The number of hydrogen-bond donors (Lipinski definition) is 1. The van der Waals surface area contributed by atoms with Crippen LogP contribution in [0.25, 0.3) is 10.9 Å². The molecule has 5 nitrogen and oxygen atoms in total. The maximum Gasteiger partial charge on any atom is 0.227 e. The standard InChI is InChI=1S/C16H23N5/c1-3-20-9-6-10-21(12-11-20)16-18-14-8-5-4-7-13(14)15(17-2)19-16/h4-5,7-8H,3,6,9-12H2,1-2H3,(H,17,18,19). The van der Waals surface area contributed by atoms with Crippen molar-refractivity contribution in [2.24, 2.45) is 0 Å². The first-order valence-corrected chi connectivity index (χ1v) is 7.73. The Balaban J connectivity index is 1.93. The van der Waals surface area contributed by atoms with Crippen LogP contribution in [0.15, 0.2) is 24.3 Å². The second-order valence-electron chi connectivity index (χ2n) is 5.41. The SMILES string of the molecule is CCN1CCCN(c2nc(NC)c3ccccc3n2)CC1. The number of hydrogen-bond acceptors (Lipinski definition) is 5. The van der Waals surface area contributed by atoms with E-state index in [4.69, 9.17) is 9.97 Å². The summed E-state index contributed by atoms with van der Waals surface area (Å²) in [6.07, 6.45) is 1.17. The van der Waals surface area contributed by atoms with Crippen LogP contribution in [0.4, 0.5) is 11.8 Å². The predicted molar refractivity (Wildman–Crippen MR) is 88.0 cm³/mol. The summed E-state index contributed by atoms with van der Waals surface area (Å²) >= 11 is 0. The summed E-state index contributed by atoms with van der Waals surface area (Å²) < 4.78 is 0. The molecule has 3 rings (SSSR count). The van der Waals surface area contributed by atoms with Crippen molar-refractivity contribution in [3.05, 3.63) is 24.3 Å². The zero-order valence-electron chi connectivity index (χ0n) is 12.8. The minimum atomic E-state index is 0.844. The minimum absolute atomic E-state index is 0.844. The Morgan fingerprint density at radius 2 is 1.95 bits per heavy atom. The van der Waals surface area contributed by atoms with Gasteiger partial charge in [-0.15, -0.1) is 0 Å². The molecule has 2 heterocycles. The summed E-state index contributed by atoms with van der Waals surface area (Å²) in [5.74, 6) is 1.75. The molecule has 0 spiro atoms. The number of rotatable bonds is 3. The number of benzene rings is 1.